The molecular formula is C15H17BrN2O. The lowest BCUT2D eigenvalue weighted by Gasteiger charge is -2.18. The smallest absolute Gasteiger partial charge is 0.160 e. The molecule has 0 saturated carbocycles. The Bertz CT molecular complexity index is 555. The van der Waals surface area contributed by atoms with Crippen molar-refractivity contribution in [2.75, 3.05) is 12.4 Å². The summed E-state index contributed by atoms with van der Waals surface area (Å²) in [4.78, 5) is 4.23. The maximum absolute atomic E-state index is 5.32. The number of benzene rings is 1. The summed E-state index contributed by atoms with van der Waals surface area (Å²) in [7, 11) is 1.65. The Morgan fingerprint density at radius 2 is 1.95 bits per heavy atom. The van der Waals surface area contributed by atoms with E-state index in [1.807, 2.05) is 25.1 Å². The van der Waals surface area contributed by atoms with Gasteiger partial charge in [0.25, 0.3) is 0 Å². The molecule has 2 aromatic rings. The maximum Gasteiger partial charge on any atom is 0.160 e. The molecule has 3 nitrogen and oxygen atoms in total. The standard InChI is InChI=1S/C15H17BrN2O/c1-10-8-14(15(19-3)9-17-10)18-11(2)12-4-6-13(16)7-5-12/h4-9,11H,1-3H3,(H,17,18). The average molecular weight is 321 g/mol. The molecule has 0 aliphatic heterocycles. The lowest BCUT2D eigenvalue weighted by atomic mass is 10.1. The van der Waals surface area contributed by atoms with Gasteiger partial charge >= 0.3 is 0 Å². The van der Waals surface area contributed by atoms with Gasteiger partial charge < -0.3 is 10.1 Å². The van der Waals surface area contributed by atoms with Crippen molar-refractivity contribution in [1.29, 1.82) is 0 Å². The summed E-state index contributed by atoms with van der Waals surface area (Å²) in [5.74, 6) is 0.759. The van der Waals surface area contributed by atoms with Crippen molar-refractivity contribution in [1.82, 2.24) is 4.98 Å². The Balaban J connectivity index is 2.20. The van der Waals surface area contributed by atoms with E-state index in [1.54, 1.807) is 13.3 Å². The fraction of sp³-hybridized carbons (Fsp3) is 0.267. The van der Waals surface area contributed by atoms with E-state index in [0.29, 0.717) is 0 Å². The van der Waals surface area contributed by atoms with Crippen LogP contribution in [-0.4, -0.2) is 12.1 Å². The number of anilines is 1. The summed E-state index contributed by atoms with van der Waals surface area (Å²) in [6.07, 6.45) is 1.74. The molecule has 1 N–H and O–H groups in total. The van der Waals surface area contributed by atoms with Crippen LogP contribution in [0.5, 0.6) is 5.75 Å². The predicted octanol–water partition coefficient (Wildman–Crippen LogP) is 4.33. The summed E-state index contributed by atoms with van der Waals surface area (Å²) >= 11 is 3.45. The van der Waals surface area contributed by atoms with Gasteiger partial charge in [0, 0.05) is 16.2 Å². The zero-order valence-electron chi connectivity index (χ0n) is 11.3. The Hall–Kier alpha value is -1.55. The summed E-state index contributed by atoms with van der Waals surface area (Å²) in [5, 5.41) is 3.46. The molecule has 1 heterocycles. The van der Waals surface area contributed by atoms with Crippen molar-refractivity contribution < 1.29 is 4.74 Å². The number of hydrogen-bond acceptors (Lipinski definition) is 3. The van der Waals surface area contributed by atoms with Gasteiger partial charge in [0.15, 0.2) is 5.75 Å². The number of ether oxygens (including phenoxy) is 1. The molecule has 0 bridgehead atoms. The minimum atomic E-state index is 0.198. The molecule has 0 radical (unpaired) electrons. The third-order valence-corrected chi connectivity index (χ3v) is 3.49. The van der Waals surface area contributed by atoms with Gasteiger partial charge in [0.2, 0.25) is 0 Å². The first-order valence-corrected chi connectivity index (χ1v) is 6.92. The third kappa shape index (κ3) is 3.47. The van der Waals surface area contributed by atoms with Crippen LogP contribution in [0.25, 0.3) is 0 Å². The largest absolute Gasteiger partial charge is 0.493 e. The van der Waals surface area contributed by atoms with E-state index < -0.39 is 0 Å². The number of nitrogens with one attached hydrogen (secondary N) is 1. The second-order valence-electron chi connectivity index (χ2n) is 4.44. The minimum absolute atomic E-state index is 0.198. The van der Waals surface area contributed by atoms with E-state index in [2.05, 4.69) is 45.3 Å². The predicted molar refractivity (Wildman–Crippen MR) is 81.7 cm³/mol. The highest BCUT2D eigenvalue weighted by atomic mass is 79.9. The number of nitrogens with zero attached hydrogens (tertiary/aromatic N) is 1. The molecule has 19 heavy (non-hydrogen) atoms. The molecule has 0 amide bonds. The van der Waals surface area contributed by atoms with Gasteiger partial charge in [-0.1, -0.05) is 28.1 Å². The first-order chi connectivity index (χ1) is 9.10. The highest BCUT2D eigenvalue weighted by Crippen LogP contribution is 2.28. The van der Waals surface area contributed by atoms with E-state index in [4.69, 9.17) is 4.74 Å². The van der Waals surface area contributed by atoms with Crippen molar-refractivity contribution in [2.45, 2.75) is 19.9 Å². The van der Waals surface area contributed by atoms with Gasteiger partial charge in [-0.05, 0) is 37.6 Å². The molecule has 0 fully saturated rings. The van der Waals surface area contributed by atoms with E-state index in [9.17, 15) is 0 Å². The van der Waals surface area contributed by atoms with Crippen LogP contribution in [0.1, 0.15) is 24.2 Å². The number of aromatic nitrogens is 1. The summed E-state index contributed by atoms with van der Waals surface area (Å²) < 4.78 is 6.41. The molecule has 0 spiro atoms. The maximum atomic E-state index is 5.32. The summed E-state index contributed by atoms with van der Waals surface area (Å²) in [5.41, 5.74) is 3.15. The molecule has 0 aliphatic carbocycles. The topological polar surface area (TPSA) is 34.1 Å². The fourth-order valence-corrected chi connectivity index (χ4v) is 2.16. The van der Waals surface area contributed by atoms with Gasteiger partial charge in [-0.25, -0.2) is 0 Å². The molecule has 4 heteroatoms. The molecule has 1 aromatic heterocycles. The van der Waals surface area contributed by atoms with Crippen LogP contribution in [0.4, 0.5) is 5.69 Å². The monoisotopic (exact) mass is 320 g/mol. The van der Waals surface area contributed by atoms with Crippen LogP contribution in [0.2, 0.25) is 0 Å². The van der Waals surface area contributed by atoms with E-state index >= 15 is 0 Å². The first-order valence-electron chi connectivity index (χ1n) is 6.13. The zero-order chi connectivity index (χ0) is 13.8. The van der Waals surface area contributed by atoms with Crippen molar-refractivity contribution in [3.63, 3.8) is 0 Å². The number of methoxy groups -OCH3 is 1. The molecular weight excluding hydrogens is 304 g/mol. The second kappa shape index (κ2) is 6.06. The Morgan fingerprint density at radius 1 is 1.26 bits per heavy atom. The molecule has 1 atom stereocenters. The third-order valence-electron chi connectivity index (χ3n) is 2.97. The highest BCUT2D eigenvalue weighted by Gasteiger charge is 2.09. The number of aryl methyl sites for hydroxylation is 1. The summed E-state index contributed by atoms with van der Waals surface area (Å²) in [6.45, 7) is 4.09. The van der Waals surface area contributed by atoms with Gasteiger partial charge in [-0.2, -0.15) is 0 Å². The molecule has 2 rings (SSSR count). The normalized spacial score (nSPS) is 12.0. The lowest BCUT2D eigenvalue weighted by Crippen LogP contribution is -2.08. The number of rotatable bonds is 4. The molecule has 0 saturated heterocycles. The Labute approximate surface area is 122 Å². The molecule has 100 valence electrons. The van der Waals surface area contributed by atoms with E-state index in [0.717, 1.165) is 21.6 Å². The van der Waals surface area contributed by atoms with Gasteiger partial charge in [0.05, 0.1) is 19.0 Å². The molecule has 1 aromatic carbocycles. The van der Waals surface area contributed by atoms with Crippen molar-refractivity contribution in [3.8, 4) is 5.75 Å². The van der Waals surface area contributed by atoms with Crippen LogP contribution in [0.3, 0.4) is 0 Å². The van der Waals surface area contributed by atoms with Crippen LogP contribution in [-0.2, 0) is 0 Å². The average Bonchev–Trinajstić information content (AvgIpc) is 2.39. The second-order valence-corrected chi connectivity index (χ2v) is 5.36. The quantitative estimate of drug-likeness (QED) is 0.910. The van der Waals surface area contributed by atoms with Gasteiger partial charge in [-0.15, -0.1) is 0 Å². The lowest BCUT2D eigenvalue weighted by molar-refractivity contribution is 0.414. The minimum Gasteiger partial charge on any atom is -0.493 e. The zero-order valence-corrected chi connectivity index (χ0v) is 12.9. The van der Waals surface area contributed by atoms with Crippen molar-refractivity contribution in [2.24, 2.45) is 0 Å². The summed E-state index contributed by atoms with van der Waals surface area (Å²) in [6, 6.07) is 10.5. The number of halogens is 1. The van der Waals surface area contributed by atoms with Crippen LogP contribution < -0.4 is 10.1 Å². The van der Waals surface area contributed by atoms with E-state index in [-0.39, 0.29) is 6.04 Å². The van der Waals surface area contributed by atoms with Gasteiger partial charge in [-0.3, -0.25) is 4.98 Å². The van der Waals surface area contributed by atoms with Crippen LogP contribution in [0.15, 0.2) is 41.0 Å². The SMILES string of the molecule is COc1cnc(C)cc1NC(C)c1ccc(Br)cc1. The number of hydrogen-bond donors (Lipinski definition) is 1. The van der Waals surface area contributed by atoms with E-state index in [1.165, 1.54) is 5.56 Å². The Kier molecular flexibility index (Phi) is 4.43. The molecule has 1 unspecified atom stereocenters. The highest BCUT2D eigenvalue weighted by molar-refractivity contribution is 9.10. The van der Waals surface area contributed by atoms with Crippen LogP contribution in [0, 0.1) is 6.92 Å². The molecule has 0 aliphatic rings. The fourth-order valence-electron chi connectivity index (χ4n) is 1.89. The first kappa shape index (κ1) is 13.9. The van der Waals surface area contributed by atoms with Crippen LogP contribution >= 0.6 is 15.9 Å². The Morgan fingerprint density at radius 3 is 2.58 bits per heavy atom. The van der Waals surface area contributed by atoms with Crippen molar-refractivity contribution >= 4 is 21.6 Å². The number of pyridine rings is 1. The van der Waals surface area contributed by atoms with Gasteiger partial charge in [0.1, 0.15) is 0 Å². The van der Waals surface area contributed by atoms with Crippen molar-refractivity contribution in [3.05, 3.63) is 52.3 Å².